The van der Waals surface area contributed by atoms with Gasteiger partial charge in [-0.2, -0.15) is 8.78 Å². The van der Waals surface area contributed by atoms with Crippen LogP contribution in [-0.4, -0.2) is 25.6 Å². The van der Waals surface area contributed by atoms with E-state index in [0.717, 1.165) is 0 Å². The lowest BCUT2D eigenvalue weighted by Crippen LogP contribution is -2.41. The van der Waals surface area contributed by atoms with Gasteiger partial charge in [-0.1, -0.05) is 12.1 Å². The smallest absolute Gasteiger partial charge is 0.379 e. The molecule has 2 N–H and O–H groups in total. The Morgan fingerprint density at radius 2 is 2.17 bits per heavy atom. The van der Waals surface area contributed by atoms with E-state index in [-0.39, 0.29) is 12.2 Å². The summed E-state index contributed by atoms with van der Waals surface area (Å²) >= 11 is 0. The molecule has 0 heterocycles. The molecule has 4 nitrogen and oxygen atoms in total. The number of alkyl halides is 2. The molecule has 0 radical (unpaired) electrons. The van der Waals surface area contributed by atoms with Crippen LogP contribution in [0.2, 0.25) is 0 Å². The first-order valence-electron chi connectivity index (χ1n) is 5.38. The molecular weight excluding hydrogens is 244 g/mol. The highest BCUT2D eigenvalue weighted by atomic mass is 19.3. The molecule has 0 aromatic heterocycles. The van der Waals surface area contributed by atoms with Gasteiger partial charge in [0.2, 0.25) is 0 Å². The van der Waals surface area contributed by atoms with Gasteiger partial charge in [-0.25, -0.2) is 4.79 Å². The second-order valence-corrected chi connectivity index (χ2v) is 3.60. The summed E-state index contributed by atoms with van der Waals surface area (Å²) in [6.45, 7) is 1.32. The van der Waals surface area contributed by atoms with Crippen molar-refractivity contribution in [3.63, 3.8) is 0 Å². The molecule has 0 aliphatic heterocycles. The number of benzene rings is 1. The summed E-state index contributed by atoms with van der Waals surface area (Å²) in [5.41, 5.74) is 5.53. The van der Waals surface area contributed by atoms with Crippen LogP contribution < -0.4 is 10.5 Å². The van der Waals surface area contributed by atoms with E-state index in [9.17, 15) is 13.6 Å². The number of nitrogens with two attached hydrogens (primary N) is 1. The number of halogens is 2. The van der Waals surface area contributed by atoms with Crippen LogP contribution in [0.4, 0.5) is 8.78 Å². The molecule has 0 aliphatic rings. The van der Waals surface area contributed by atoms with Gasteiger partial charge < -0.3 is 15.2 Å². The van der Waals surface area contributed by atoms with Crippen LogP contribution >= 0.6 is 0 Å². The number of rotatable bonds is 5. The molecule has 0 bridgehead atoms. The third kappa shape index (κ3) is 2.95. The summed E-state index contributed by atoms with van der Waals surface area (Å²) in [5.74, 6) is -5.01. The van der Waals surface area contributed by atoms with Crippen molar-refractivity contribution in [2.45, 2.75) is 18.9 Å². The molecular formula is C12H15F2NO3. The summed E-state index contributed by atoms with van der Waals surface area (Å²) in [5, 5.41) is 0. The first-order valence-corrected chi connectivity index (χ1v) is 5.38. The highest BCUT2D eigenvalue weighted by molar-refractivity contribution is 5.78. The molecule has 0 saturated heterocycles. The Kier molecular flexibility index (Phi) is 4.61. The Labute approximate surface area is 104 Å². The van der Waals surface area contributed by atoms with Gasteiger partial charge in [0.25, 0.3) is 0 Å². The fourth-order valence-corrected chi connectivity index (χ4v) is 1.40. The van der Waals surface area contributed by atoms with Crippen molar-refractivity contribution in [3.05, 3.63) is 29.8 Å². The second kappa shape index (κ2) is 5.77. The lowest BCUT2D eigenvalue weighted by Gasteiger charge is -2.22. The lowest BCUT2D eigenvalue weighted by molar-refractivity contribution is -0.174. The molecule has 1 aromatic carbocycles. The zero-order valence-corrected chi connectivity index (χ0v) is 10.2. The highest BCUT2D eigenvalue weighted by Crippen LogP contribution is 2.31. The number of carbonyl (C=O) groups excluding carboxylic acids is 1. The van der Waals surface area contributed by atoms with Crippen molar-refractivity contribution < 1.29 is 23.0 Å². The summed E-state index contributed by atoms with van der Waals surface area (Å²) in [7, 11) is 1.41. The van der Waals surface area contributed by atoms with Crippen LogP contribution in [0.3, 0.4) is 0 Å². The Balaban J connectivity index is 2.97. The number of esters is 1. The minimum atomic E-state index is -3.78. The quantitative estimate of drug-likeness (QED) is 0.820. The molecule has 0 spiro atoms. The molecule has 18 heavy (non-hydrogen) atoms. The fraction of sp³-hybridized carbons (Fsp3) is 0.417. The average molecular weight is 259 g/mol. The van der Waals surface area contributed by atoms with E-state index in [0.29, 0.717) is 5.75 Å². The van der Waals surface area contributed by atoms with Crippen molar-refractivity contribution in [2.24, 2.45) is 5.73 Å². The molecule has 1 aromatic rings. The average Bonchev–Trinajstić information content (AvgIpc) is 2.38. The van der Waals surface area contributed by atoms with Gasteiger partial charge in [0, 0.05) is 0 Å². The van der Waals surface area contributed by atoms with Crippen molar-refractivity contribution >= 4 is 5.97 Å². The standard InChI is InChI=1S/C12H15F2NO3/c1-3-18-11(16)12(13,14)10(15)8-5-4-6-9(7-8)17-2/h4-7,10H,3,15H2,1-2H3/t10-/m0/s1. The largest absolute Gasteiger partial charge is 0.497 e. The number of ether oxygens (including phenoxy) is 2. The Morgan fingerprint density at radius 3 is 2.72 bits per heavy atom. The van der Waals surface area contributed by atoms with Crippen LogP contribution in [0, 0.1) is 0 Å². The normalized spacial score (nSPS) is 12.9. The van der Waals surface area contributed by atoms with Gasteiger partial charge >= 0.3 is 11.9 Å². The van der Waals surface area contributed by atoms with Gasteiger partial charge in [-0.15, -0.1) is 0 Å². The van der Waals surface area contributed by atoms with E-state index < -0.39 is 17.9 Å². The zero-order chi connectivity index (χ0) is 13.8. The lowest BCUT2D eigenvalue weighted by atomic mass is 10.0. The van der Waals surface area contributed by atoms with Crippen molar-refractivity contribution in [1.29, 1.82) is 0 Å². The van der Waals surface area contributed by atoms with E-state index in [2.05, 4.69) is 4.74 Å². The number of hydrogen-bond donors (Lipinski definition) is 1. The molecule has 6 heteroatoms. The Hall–Kier alpha value is -1.69. The van der Waals surface area contributed by atoms with Gasteiger partial charge in [-0.3, -0.25) is 0 Å². The summed E-state index contributed by atoms with van der Waals surface area (Å²) in [6.07, 6.45) is 0. The maximum Gasteiger partial charge on any atom is 0.379 e. The van der Waals surface area contributed by atoms with Crippen LogP contribution in [0.5, 0.6) is 5.75 Å². The molecule has 0 fully saturated rings. The molecule has 0 aliphatic carbocycles. The molecule has 100 valence electrons. The zero-order valence-electron chi connectivity index (χ0n) is 10.2. The van der Waals surface area contributed by atoms with Crippen molar-refractivity contribution in [3.8, 4) is 5.75 Å². The molecule has 1 atom stereocenters. The fourth-order valence-electron chi connectivity index (χ4n) is 1.40. The van der Waals surface area contributed by atoms with E-state index >= 15 is 0 Å². The van der Waals surface area contributed by atoms with E-state index in [4.69, 9.17) is 10.5 Å². The summed E-state index contributed by atoms with van der Waals surface area (Å²) < 4.78 is 36.6. The third-order valence-corrected chi connectivity index (χ3v) is 2.39. The predicted octanol–water partition coefficient (Wildman–Crippen LogP) is 1.89. The Bertz CT molecular complexity index is 424. The van der Waals surface area contributed by atoms with Gasteiger partial charge in [0.1, 0.15) is 11.8 Å². The minimum absolute atomic E-state index is 0.104. The summed E-state index contributed by atoms with van der Waals surface area (Å²) in [4.78, 5) is 11.2. The third-order valence-electron chi connectivity index (χ3n) is 2.39. The monoisotopic (exact) mass is 259 g/mol. The van der Waals surface area contributed by atoms with Gasteiger partial charge in [0.05, 0.1) is 13.7 Å². The van der Waals surface area contributed by atoms with Gasteiger partial charge in [-0.05, 0) is 24.6 Å². The SMILES string of the molecule is CCOC(=O)C(F)(F)[C@@H](N)c1cccc(OC)c1. The molecule has 1 rings (SSSR count). The Morgan fingerprint density at radius 1 is 1.50 bits per heavy atom. The second-order valence-electron chi connectivity index (χ2n) is 3.60. The number of carbonyl (C=O) groups is 1. The highest BCUT2D eigenvalue weighted by Gasteiger charge is 2.47. The van der Waals surface area contributed by atoms with E-state index in [1.807, 2.05) is 0 Å². The van der Waals surface area contributed by atoms with Crippen molar-refractivity contribution in [1.82, 2.24) is 0 Å². The maximum absolute atomic E-state index is 13.7. The van der Waals surface area contributed by atoms with Gasteiger partial charge in [0.15, 0.2) is 0 Å². The summed E-state index contributed by atoms with van der Waals surface area (Å²) in [6, 6.07) is 4.11. The number of hydrogen-bond acceptors (Lipinski definition) is 4. The minimum Gasteiger partial charge on any atom is -0.497 e. The van der Waals surface area contributed by atoms with Crippen molar-refractivity contribution in [2.75, 3.05) is 13.7 Å². The van der Waals surface area contributed by atoms with Crippen LogP contribution in [-0.2, 0) is 9.53 Å². The van der Waals surface area contributed by atoms with Crippen LogP contribution in [0.1, 0.15) is 18.5 Å². The van der Waals surface area contributed by atoms with E-state index in [1.165, 1.54) is 32.2 Å². The first kappa shape index (κ1) is 14.4. The number of methoxy groups -OCH3 is 1. The van der Waals surface area contributed by atoms with Crippen LogP contribution in [0.15, 0.2) is 24.3 Å². The van der Waals surface area contributed by atoms with E-state index in [1.54, 1.807) is 6.07 Å². The maximum atomic E-state index is 13.7. The molecule has 0 saturated carbocycles. The molecule has 0 unspecified atom stereocenters. The first-order chi connectivity index (χ1) is 8.43. The predicted molar refractivity (Wildman–Crippen MR) is 61.5 cm³/mol. The van der Waals surface area contributed by atoms with Crippen LogP contribution in [0.25, 0.3) is 0 Å². The topological polar surface area (TPSA) is 61.5 Å². The molecule has 0 amide bonds.